The van der Waals surface area contributed by atoms with Crippen LogP contribution in [-0.4, -0.2) is 23.5 Å². The summed E-state index contributed by atoms with van der Waals surface area (Å²) in [7, 11) is 1.81. The second-order valence-corrected chi connectivity index (χ2v) is 3.39. The first-order valence-electron chi connectivity index (χ1n) is 3.57. The monoisotopic (exact) mass is 199 g/mol. The fraction of sp³-hybridized carbons (Fsp3) is 0.286. The maximum absolute atomic E-state index is 10.3. The molecule has 0 saturated carbocycles. The third-order valence-corrected chi connectivity index (χ3v) is 2.45. The minimum absolute atomic E-state index is 0.0610. The lowest BCUT2D eigenvalue weighted by molar-refractivity contribution is -0.380. The number of rotatable bonds is 4. The molecule has 0 aliphatic heterocycles. The summed E-state index contributed by atoms with van der Waals surface area (Å²) in [5, 5.41) is 11.0. The minimum atomic E-state index is -0.442. The first-order valence-corrected chi connectivity index (χ1v) is 4.39. The topological polar surface area (TPSA) is 59.3 Å². The van der Waals surface area contributed by atoms with Crippen molar-refractivity contribution in [1.82, 2.24) is 4.98 Å². The van der Waals surface area contributed by atoms with Crippen LogP contribution in [0.25, 0.3) is 0 Å². The zero-order valence-electron chi connectivity index (χ0n) is 7.14. The van der Waals surface area contributed by atoms with Gasteiger partial charge in [-0.25, -0.2) is 4.98 Å². The molecule has 6 heteroatoms. The summed E-state index contributed by atoms with van der Waals surface area (Å²) in [6, 6.07) is 0. The van der Waals surface area contributed by atoms with Gasteiger partial charge in [0, 0.05) is 13.6 Å². The summed E-state index contributed by atoms with van der Waals surface area (Å²) in [6.45, 7) is 4.20. The Bertz CT molecular complexity index is 323. The Morgan fingerprint density at radius 3 is 3.08 bits per heavy atom. The number of nitro groups is 1. The van der Waals surface area contributed by atoms with Crippen LogP contribution < -0.4 is 4.90 Å². The zero-order valence-corrected chi connectivity index (χ0v) is 7.95. The van der Waals surface area contributed by atoms with E-state index in [1.165, 1.54) is 6.20 Å². The molecule has 0 fully saturated rings. The first-order chi connectivity index (χ1) is 6.15. The quantitative estimate of drug-likeness (QED) is 0.420. The average Bonchev–Trinajstić information content (AvgIpc) is 2.52. The van der Waals surface area contributed by atoms with Gasteiger partial charge in [0.05, 0.1) is 4.92 Å². The molecule has 1 rings (SSSR count). The van der Waals surface area contributed by atoms with E-state index < -0.39 is 4.92 Å². The third kappa shape index (κ3) is 2.25. The number of anilines is 1. The molecule has 0 saturated heterocycles. The number of thiazole rings is 1. The zero-order chi connectivity index (χ0) is 9.84. The van der Waals surface area contributed by atoms with Crippen LogP contribution in [0.5, 0.6) is 0 Å². The van der Waals surface area contributed by atoms with E-state index >= 15 is 0 Å². The predicted octanol–water partition coefficient (Wildman–Crippen LogP) is 1.67. The second-order valence-electron chi connectivity index (χ2n) is 2.41. The maximum atomic E-state index is 10.3. The van der Waals surface area contributed by atoms with Crippen LogP contribution in [-0.2, 0) is 0 Å². The lowest BCUT2D eigenvalue weighted by Crippen LogP contribution is -2.15. The number of likely N-dealkylation sites (N-methyl/N-ethyl adjacent to an activating group) is 1. The van der Waals surface area contributed by atoms with Crippen molar-refractivity contribution in [2.24, 2.45) is 0 Å². The van der Waals surface area contributed by atoms with Crippen molar-refractivity contribution in [3.05, 3.63) is 29.0 Å². The highest BCUT2D eigenvalue weighted by Gasteiger charge is 2.13. The molecule has 1 aromatic heterocycles. The number of aromatic nitrogens is 1. The van der Waals surface area contributed by atoms with Gasteiger partial charge in [0.2, 0.25) is 0 Å². The average molecular weight is 199 g/mol. The van der Waals surface area contributed by atoms with Crippen molar-refractivity contribution < 1.29 is 4.92 Å². The molecular weight excluding hydrogens is 190 g/mol. The van der Waals surface area contributed by atoms with Gasteiger partial charge in [0.15, 0.2) is 5.13 Å². The Labute approximate surface area is 79.5 Å². The second kappa shape index (κ2) is 3.99. The molecule has 0 aromatic carbocycles. The standard InChI is InChI=1S/C7H9N3O2S/c1-3-4-9(2)7-8-5-6(13-7)10(11)12/h3,5H,1,4H2,2H3. The lowest BCUT2D eigenvalue weighted by Gasteiger charge is -2.10. The minimum Gasteiger partial charge on any atom is -0.347 e. The normalized spacial score (nSPS) is 9.62. The van der Waals surface area contributed by atoms with E-state index in [9.17, 15) is 10.1 Å². The van der Waals surface area contributed by atoms with E-state index in [1.807, 2.05) is 7.05 Å². The largest absolute Gasteiger partial charge is 0.347 e. The van der Waals surface area contributed by atoms with Gasteiger partial charge in [-0.1, -0.05) is 6.08 Å². The molecular formula is C7H9N3O2S. The lowest BCUT2D eigenvalue weighted by atomic mass is 10.6. The van der Waals surface area contributed by atoms with Gasteiger partial charge in [-0.15, -0.1) is 6.58 Å². The Morgan fingerprint density at radius 1 is 1.92 bits per heavy atom. The smallest absolute Gasteiger partial charge is 0.345 e. The van der Waals surface area contributed by atoms with Crippen LogP contribution in [0.15, 0.2) is 18.9 Å². The molecule has 0 N–H and O–H groups in total. The molecule has 0 bridgehead atoms. The van der Waals surface area contributed by atoms with E-state index in [2.05, 4.69) is 11.6 Å². The fourth-order valence-electron chi connectivity index (χ4n) is 0.789. The molecule has 0 spiro atoms. The van der Waals surface area contributed by atoms with E-state index in [0.29, 0.717) is 11.7 Å². The van der Waals surface area contributed by atoms with Gasteiger partial charge < -0.3 is 4.90 Å². The van der Waals surface area contributed by atoms with Crippen molar-refractivity contribution in [1.29, 1.82) is 0 Å². The third-order valence-electron chi connectivity index (χ3n) is 1.39. The molecule has 0 atom stereocenters. The maximum Gasteiger partial charge on any atom is 0.345 e. The highest BCUT2D eigenvalue weighted by molar-refractivity contribution is 7.18. The number of hydrogen-bond acceptors (Lipinski definition) is 5. The van der Waals surface area contributed by atoms with E-state index in [0.717, 1.165) is 11.3 Å². The van der Waals surface area contributed by atoms with Gasteiger partial charge in [-0.3, -0.25) is 10.1 Å². The Kier molecular flexibility index (Phi) is 2.97. The van der Waals surface area contributed by atoms with Crippen molar-refractivity contribution in [2.45, 2.75) is 0 Å². The molecule has 5 nitrogen and oxygen atoms in total. The first kappa shape index (κ1) is 9.66. The van der Waals surface area contributed by atoms with Crippen LogP contribution in [0.4, 0.5) is 10.1 Å². The van der Waals surface area contributed by atoms with Crippen molar-refractivity contribution in [3.8, 4) is 0 Å². The summed E-state index contributed by atoms with van der Waals surface area (Å²) in [5.74, 6) is 0. The molecule has 0 radical (unpaired) electrons. The van der Waals surface area contributed by atoms with Crippen LogP contribution in [0, 0.1) is 10.1 Å². The molecule has 1 heterocycles. The molecule has 70 valence electrons. The summed E-state index contributed by atoms with van der Waals surface area (Å²) in [4.78, 5) is 15.6. The Morgan fingerprint density at radius 2 is 2.62 bits per heavy atom. The van der Waals surface area contributed by atoms with Crippen molar-refractivity contribution >= 4 is 21.5 Å². The highest BCUT2D eigenvalue weighted by Crippen LogP contribution is 2.27. The summed E-state index contributed by atoms with van der Waals surface area (Å²) in [6.07, 6.45) is 2.98. The van der Waals surface area contributed by atoms with Crippen LogP contribution >= 0.6 is 11.3 Å². The predicted molar refractivity (Wildman–Crippen MR) is 52.2 cm³/mol. The number of hydrogen-bond donors (Lipinski definition) is 0. The van der Waals surface area contributed by atoms with Crippen molar-refractivity contribution in [3.63, 3.8) is 0 Å². The van der Waals surface area contributed by atoms with Crippen LogP contribution in [0.2, 0.25) is 0 Å². The fourth-order valence-corrected chi connectivity index (χ4v) is 1.49. The summed E-state index contributed by atoms with van der Waals surface area (Å²) < 4.78 is 0. The van der Waals surface area contributed by atoms with Crippen LogP contribution in [0.1, 0.15) is 0 Å². The molecule has 13 heavy (non-hydrogen) atoms. The van der Waals surface area contributed by atoms with E-state index in [4.69, 9.17) is 0 Å². The van der Waals surface area contributed by atoms with Gasteiger partial charge in [0.1, 0.15) is 6.20 Å². The summed E-state index contributed by atoms with van der Waals surface area (Å²) in [5.41, 5.74) is 0. The van der Waals surface area contributed by atoms with Gasteiger partial charge in [-0.2, -0.15) is 0 Å². The van der Waals surface area contributed by atoms with E-state index in [-0.39, 0.29) is 5.00 Å². The van der Waals surface area contributed by atoms with Gasteiger partial charge in [0.25, 0.3) is 0 Å². The number of nitrogens with zero attached hydrogens (tertiary/aromatic N) is 3. The van der Waals surface area contributed by atoms with Crippen LogP contribution in [0.3, 0.4) is 0 Å². The highest BCUT2D eigenvalue weighted by atomic mass is 32.1. The van der Waals surface area contributed by atoms with Crippen molar-refractivity contribution in [2.75, 3.05) is 18.5 Å². The molecule has 1 aromatic rings. The molecule has 0 amide bonds. The molecule has 0 unspecified atom stereocenters. The van der Waals surface area contributed by atoms with Gasteiger partial charge in [-0.05, 0) is 11.3 Å². The molecule has 0 aliphatic rings. The SMILES string of the molecule is C=CCN(C)c1ncc([N+](=O)[O-])s1. The Balaban J connectivity index is 2.78. The van der Waals surface area contributed by atoms with E-state index in [1.54, 1.807) is 11.0 Å². The van der Waals surface area contributed by atoms with Gasteiger partial charge >= 0.3 is 5.00 Å². The summed E-state index contributed by atoms with van der Waals surface area (Å²) >= 11 is 1.06. The molecule has 0 aliphatic carbocycles. The Hall–Kier alpha value is -1.43.